The minimum absolute atomic E-state index is 0.0119. The number of anilines is 1. The van der Waals surface area contributed by atoms with Crippen LogP contribution >= 0.6 is 0 Å². The van der Waals surface area contributed by atoms with E-state index in [0.29, 0.717) is 12.4 Å². The molecule has 3 aromatic rings. The zero-order valence-electron chi connectivity index (χ0n) is 16.1. The molecule has 148 valence electrons. The first kappa shape index (κ1) is 19.1. The molecule has 0 atom stereocenters. The van der Waals surface area contributed by atoms with E-state index >= 15 is 0 Å². The quantitative estimate of drug-likeness (QED) is 0.720. The monoisotopic (exact) mass is 390 g/mol. The molecule has 1 amide bonds. The molecule has 5 nitrogen and oxygen atoms in total. The lowest BCUT2D eigenvalue weighted by Crippen LogP contribution is -2.40. The Morgan fingerprint density at radius 3 is 2.48 bits per heavy atom. The SMILES string of the molecule is O=C(NCc1ccc(F)cc1)C1CCN(c2ccnc(-c3ccccc3)n2)CC1. The highest BCUT2D eigenvalue weighted by Crippen LogP contribution is 2.24. The first-order valence-corrected chi connectivity index (χ1v) is 9.84. The Balaban J connectivity index is 1.32. The lowest BCUT2D eigenvalue weighted by molar-refractivity contribution is -0.125. The minimum Gasteiger partial charge on any atom is -0.356 e. The normalized spacial score (nSPS) is 14.6. The topological polar surface area (TPSA) is 58.1 Å². The third-order valence-electron chi connectivity index (χ3n) is 5.24. The number of halogens is 1. The number of benzene rings is 2. The maximum Gasteiger partial charge on any atom is 0.223 e. The molecule has 0 unspecified atom stereocenters. The second kappa shape index (κ2) is 8.82. The number of carbonyl (C=O) groups is 1. The Bertz CT molecular complexity index is 954. The Morgan fingerprint density at radius 1 is 1.03 bits per heavy atom. The van der Waals surface area contributed by atoms with E-state index in [1.54, 1.807) is 18.3 Å². The number of nitrogens with zero attached hydrogens (tertiary/aromatic N) is 3. The van der Waals surface area contributed by atoms with E-state index in [0.717, 1.165) is 42.9 Å². The number of piperidine rings is 1. The van der Waals surface area contributed by atoms with Crippen LogP contribution in [-0.2, 0) is 11.3 Å². The van der Waals surface area contributed by atoms with Gasteiger partial charge in [0.1, 0.15) is 11.6 Å². The maximum atomic E-state index is 13.0. The second-order valence-electron chi connectivity index (χ2n) is 7.21. The Hall–Kier alpha value is -3.28. The summed E-state index contributed by atoms with van der Waals surface area (Å²) in [6, 6.07) is 18.0. The average molecular weight is 390 g/mol. The van der Waals surface area contributed by atoms with Crippen molar-refractivity contribution in [2.45, 2.75) is 19.4 Å². The summed E-state index contributed by atoms with van der Waals surface area (Å²) in [4.78, 5) is 23.8. The number of hydrogen-bond acceptors (Lipinski definition) is 4. The lowest BCUT2D eigenvalue weighted by Gasteiger charge is -2.32. The lowest BCUT2D eigenvalue weighted by atomic mass is 9.96. The van der Waals surface area contributed by atoms with E-state index in [4.69, 9.17) is 4.98 Å². The van der Waals surface area contributed by atoms with Crippen LogP contribution in [0.25, 0.3) is 11.4 Å². The van der Waals surface area contributed by atoms with Crippen molar-refractivity contribution in [1.82, 2.24) is 15.3 Å². The maximum absolute atomic E-state index is 13.0. The zero-order chi connectivity index (χ0) is 20.1. The molecule has 2 aromatic carbocycles. The standard InChI is InChI=1S/C23H23FN4O/c24-20-8-6-17(7-9-20)16-26-23(29)19-11-14-28(15-12-19)21-10-13-25-22(27-21)18-4-2-1-3-5-18/h1-10,13,19H,11-12,14-16H2,(H,26,29). The fourth-order valence-electron chi connectivity index (χ4n) is 3.56. The molecule has 0 spiro atoms. The van der Waals surface area contributed by atoms with Crippen LogP contribution in [0.2, 0.25) is 0 Å². The second-order valence-corrected chi connectivity index (χ2v) is 7.21. The smallest absolute Gasteiger partial charge is 0.223 e. The van der Waals surface area contributed by atoms with Gasteiger partial charge in [0.2, 0.25) is 5.91 Å². The van der Waals surface area contributed by atoms with Gasteiger partial charge in [0.15, 0.2) is 5.82 Å². The van der Waals surface area contributed by atoms with E-state index in [2.05, 4.69) is 15.2 Å². The predicted molar refractivity (Wildman–Crippen MR) is 111 cm³/mol. The fourth-order valence-corrected chi connectivity index (χ4v) is 3.56. The highest BCUT2D eigenvalue weighted by Gasteiger charge is 2.25. The van der Waals surface area contributed by atoms with Crippen LogP contribution in [0.3, 0.4) is 0 Å². The van der Waals surface area contributed by atoms with Crippen LogP contribution in [0.1, 0.15) is 18.4 Å². The van der Waals surface area contributed by atoms with Crippen LogP contribution in [0.15, 0.2) is 66.9 Å². The molecule has 1 aromatic heterocycles. The van der Waals surface area contributed by atoms with Crippen LogP contribution in [0.4, 0.5) is 10.2 Å². The Labute approximate surface area is 169 Å². The van der Waals surface area contributed by atoms with Crippen LogP contribution < -0.4 is 10.2 Å². The number of amides is 1. The van der Waals surface area contributed by atoms with E-state index in [-0.39, 0.29) is 17.6 Å². The van der Waals surface area contributed by atoms with E-state index in [1.165, 1.54) is 12.1 Å². The molecule has 0 bridgehead atoms. The molecule has 4 rings (SSSR count). The predicted octanol–water partition coefficient (Wildman–Crippen LogP) is 3.82. The largest absolute Gasteiger partial charge is 0.356 e. The van der Waals surface area contributed by atoms with Crippen LogP contribution in [-0.4, -0.2) is 29.0 Å². The Kier molecular flexibility index (Phi) is 5.79. The molecule has 1 aliphatic heterocycles. The highest BCUT2D eigenvalue weighted by atomic mass is 19.1. The van der Waals surface area contributed by atoms with Gasteiger partial charge in [-0.3, -0.25) is 4.79 Å². The van der Waals surface area contributed by atoms with Crippen molar-refractivity contribution in [3.8, 4) is 11.4 Å². The van der Waals surface area contributed by atoms with Crippen molar-refractivity contribution in [2.75, 3.05) is 18.0 Å². The summed E-state index contributed by atoms with van der Waals surface area (Å²) in [6.07, 6.45) is 3.34. The van der Waals surface area contributed by atoms with Crippen LogP contribution in [0, 0.1) is 11.7 Å². The number of carbonyl (C=O) groups excluding carboxylic acids is 1. The third kappa shape index (κ3) is 4.77. The molecule has 0 radical (unpaired) electrons. The number of aromatic nitrogens is 2. The van der Waals surface area contributed by atoms with Crippen molar-refractivity contribution >= 4 is 11.7 Å². The van der Waals surface area contributed by atoms with Crippen molar-refractivity contribution in [2.24, 2.45) is 5.92 Å². The van der Waals surface area contributed by atoms with Crippen molar-refractivity contribution in [3.63, 3.8) is 0 Å². The molecule has 0 saturated carbocycles. The van der Waals surface area contributed by atoms with Crippen molar-refractivity contribution in [1.29, 1.82) is 0 Å². The van der Waals surface area contributed by atoms with E-state index in [1.807, 2.05) is 36.4 Å². The number of nitrogens with one attached hydrogen (secondary N) is 1. The third-order valence-corrected chi connectivity index (χ3v) is 5.24. The van der Waals surface area contributed by atoms with Crippen LogP contribution in [0.5, 0.6) is 0 Å². The summed E-state index contributed by atoms with van der Waals surface area (Å²) in [5.41, 5.74) is 1.89. The van der Waals surface area contributed by atoms with Crippen molar-refractivity contribution in [3.05, 3.63) is 78.2 Å². The first-order chi connectivity index (χ1) is 14.2. The summed E-state index contributed by atoms with van der Waals surface area (Å²) >= 11 is 0. The highest BCUT2D eigenvalue weighted by molar-refractivity contribution is 5.79. The van der Waals surface area contributed by atoms with E-state index < -0.39 is 0 Å². The summed E-state index contributed by atoms with van der Waals surface area (Å²) < 4.78 is 13.0. The van der Waals surface area contributed by atoms with Crippen molar-refractivity contribution < 1.29 is 9.18 Å². The first-order valence-electron chi connectivity index (χ1n) is 9.84. The Morgan fingerprint density at radius 2 is 1.76 bits per heavy atom. The molecular weight excluding hydrogens is 367 g/mol. The molecule has 0 aliphatic carbocycles. The number of hydrogen-bond donors (Lipinski definition) is 1. The van der Waals surface area contributed by atoms with Gasteiger partial charge in [0, 0.05) is 37.3 Å². The van der Waals surface area contributed by atoms with Gasteiger partial charge in [-0.2, -0.15) is 0 Å². The molecule has 1 aliphatic rings. The number of rotatable bonds is 5. The molecule has 6 heteroatoms. The van der Waals surface area contributed by atoms with Gasteiger partial charge in [-0.15, -0.1) is 0 Å². The van der Waals surface area contributed by atoms with Gasteiger partial charge < -0.3 is 10.2 Å². The molecule has 1 fully saturated rings. The average Bonchev–Trinajstić information content (AvgIpc) is 2.79. The summed E-state index contributed by atoms with van der Waals surface area (Å²) in [7, 11) is 0. The van der Waals surface area contributed by atoms with Gasteiger partial charge in [-0.05, 0) is 36.6 Å². The summed E-state index contributed by atoms with van der Waals surface area (Å²) in [5, 5.41) is 2.97. The molecular formula is C23H23FN4O. The summed E-state index contributed by atoms with van der Waals surface area (Å²) in [6.45, 7) is 1.98. The van der Waals surface area contributed by atoms with E-state index in [9.17, 15) is 9.18 Å². The fraction of sp³-hybridized carbons (Fsp3) is 0.261. The molecule has 2 heterocycles. The summed E-state index contributed by atoms with van der Waals surface area (Å²) in [5.74, 6) is 1.38. The molecule has 1 N–H and O–H groups in total. The molecule has 29 heavy (non-hydrogen) atoms. The van der Waals surface area contributed by atoms with Gasteiger partial charge in [-0.25, -0.2) is 14.4 Å². The van der Waals surface area contributed by atoms with Gasteiger partial charge in [-0.1, -0.05) is 42.5 Å². The van der Waals surface area contributed by atoms with Gasteiger partial charge in [0.25, 0.3) is 0 Å². The van der Waals surface area contributed by atoms with Gasteiger partial charge in [0.05, 0.1) is 0 Å². The minimum atomic E-state index is -0.271. The van der Waals surface area contributed by atoms with Gasteiger partial charge >= 0.3 is 0 Å². The molecule has 1 saturated heterocycles. The zero-order valence-corrected chi connectivity index (χ0v) is 16.1.